The van der Waals surface area contributed by atoms with E-state index in [9.17, 15) is 9.18 Å². The lowest BCUT2D eigenvalue weighted by molar-refractivity contribution is 0.0974. The molecule has 0 saturated carbocycles. The molecule has 3 aromatic carbocycles. The van der Waals surface area contributed by atoms with Crippen molar-refractivity contribution < 1.29 is 9.18 Å². The molecule has 2 nitrogen and oxygen atoms in total. The number of carbonyl (C=O) groups excluding carboxylic acids is 1. The van der Waals surface area contributed by atoms with E-state index >= 15 is 0 Å². The Balaban J connectivity index is 0.00000274. The molecule has 1 saturated heterocycles. The van der Waals surface area contributed by atoms with Gasteiger partial charge in [-0.15, -0.1) is 12.4 Å². The second-order valence-electron chi connectivity index (χ2n) is 8.86. The van der Waals surface area contributed by atoms with Gasteiger partial charge in [0, 0.05) is 25.1 Å². The first-order valence-electron chi connectivity index (χ1n) is 11.8. The molecule has 1 fully saturated rings. The van der Waals surface area contributed by atoms with Gasteiger partial charge in [-0.2, -0.15) is 0 Å². The van der Waals surface area contributed by atoms with Gasteiger partial charge >= 0.3 is 0 Å². The molecule has 0 unspecified atom stereocenters. The van der Waals surface area contributed by atoms with Gasteiger partial charge in [0.05, 0.1) is 0 Å². The molecule has 0 amide bonds. The predicted octanol–water partition coefficient (Wildman–Crippen LogP) is 7.29. The van der Waals surface area contributed by atoms with Crippen molar-refractivity contribution in [2.45, 2.75) is 25.7 Å². The number of likely N-dealkylation sites (tertiary alicyclic amines) is 1. The van der Waals surface area contributed by atoms with E-state index in [1.165, 1.54) is 45.5 Å². The van der Waals surface area contributed by atoms with E-state index in [0.29, 0.717) is 12.0 Å². The molecule has 34 heavy (non-hydrogen) atoms. The molecule has 3 aromatic rings. The van der Waals surface area contributed by atoms with E-state index in [-0.39, 0.29) is 24.0 Å². The van der Waals surface area contributed by atoms with Crippen LogP contribution in [0.25, 0.3) is 17.7 Å². The summed E-state index contributed by atoms with van der Waals surface area (Å²) in [4.78, 5) is 14.8. The SMILES string of the molecule is Cl.O=C(CCCN1CCC(=C2c3ccccc3C=Cc3ccccc32)CC1)c1ccc(F)cc1. The molecule has 1 heterocycles. The molecule has 0 bridgehead atoms. The van der Waals surface area contributed by atoms with Gasteiger partial charge in [0.1, 0.15) is 5.82 Å². The van der Waals surface area contributed by atoms with Crippen molar-refractivity contribution in [2.24, 2.45) is 0 Å². The normalized spacial score (nSPS) is 15.2. The van der Waals surface area contributed by atoms with E-state index in [1.54, 1.807) is 12.1 Å². The first-order valence-corrected chi connectivity index (χ1v) is 11.8. The molecule has 4 heteroatoms. The zero-order valence-electron chi connectivity index (χ0n) is 19.2. The Morgan fingerprint density at radius 1 is 0.794 bits per heavy atom. The molecule has 174 valence electrons. The fourth-order valence-electron chi connectivity index (χ4n) is 4.99. The summed E-state index contributed by atoms with van der Waals surface area (Å²) in [6.07, 6.45) is 7.89. The minimum absolute atomic E-state index is 0. The second-order valence-corrected chi connectivity index (χ2v) is 8.86. The van der Waals surface area contributed by atoms with Crippen LogP contribution >= 0.6 is 12.4 Å². The van der Waals surface area contributed by atoms with Crippen LogP contribution in [-0.4, -0.2) is 30.3 Å². The maximum absolute atomic E-state index is 13.1. The third-order valence-corrected chi connectivity index (χ3v) is 6.76. The molecule has 0 spiro atoms. The number of hydrogen-bond donors (Lipinski definition) is 0. The lowest BCUT2D eigenvalue weighted by atomic mass is 9.86. The maximum atomic E-state index is 13.1. The molecule has 0 radical (unpaired) electrons. The minimum atomic E-state index is -0.306. The highest BCUT2D eigenvalue weighted by atomic mass is 35.5. The standard InChI is InChI=1S/C30H28FNO.ClH/c31-26-15-13-24(14-16-26)29(33)10-5-19-32-20-17-25(18-21-32)30-27-8-3-1-6-22(27)11-12-23-7-2-4-9-28(23)30;/h1-4,6-9,11-16H,5,10,17-21H2;1H. The number of piperidine rings is 1. The van der Waals surface area contributed by atoms with Crippen LogP contribution < -0.4 is 0 Å². The summed E-state index contributed by atoms with van der Waals surface area (Å²) in [5, 5.41) is 0. The molecular formula is C30H29ClFNO. The van der Waals surface area contributed by atoms with Crippen LogP contribution in [0.4, 0.5) is 4.39 Å². The molecule has 0 atom stereocenters. The summed E-state index contributed by atoms with van der Waals surface area (Å²) < 4.78 is 13.1. The van der Waals surface area contributed by atoms with Gasteiger partial charge < -0.3 is 4.90 Å². The fourth-order valence-corrected chi connectivity index (χ4v) is 4.99. The minimum Gasteiger partial charge on any atom is -0.303 e. The van der Waals surface area contributed by atoms with Crippen molar-refractivity contribution in [1.82, 2.24) is 4.90 Å². The van der Waals surface area contributed by atoms with Gasteiger partial charge in [0.15, 0.2) is 5.78 Å². The number of halogens is 2. The topological polar surface area (TPSA) is 20.3 Å². The summed E-state index contributed by atoms with van der Waals surface area (Å²) in [6, 6.07) is 23.2. The molecule has 2 aliphatic rings. The van der Waals surface area contributed by atoms with Crippen LogP contribution in [0.3, 0.4) is 0 Å². The van der Waals surface area contributed by atoms with Crippen LogP contribution in [0, 0.1) is 5.82 Å². The number of benzene rings is 3. The first-order chi connectivity index (χ1) is 16.2. The Bertz CT molecular complexity index is 1170. The van der Waals surface area contributed by atoms with Crippen LogP contribution in [0.5, 0.6) is 0 Å². The van der Waals surface area contributed by atoms with Crippen molar-refractivity contribution >= 4 is 35.9 Å². The lowest BCUT2D eigenvalue weighted by Crippen LogP contribution is -2.32. The highest BCUT2D eigenvalue weighted by Crippen LogP contribution is 2.38. The van der Waals surface area contributed by atoms with Crippen LogP contribution in [0.2, 0.25) is 0 Å². The van der Waals surface area contributed by atoms with Crippen molar-refractivity contribution in [3.63, 3.8) is 0 Å². The van der Waals surface area contributed by atoms with Gasteiger partial charge in [-0.1, -0.05) is 66.3 Å². The average Bonchev–Trinajstić information content (AvgIpc) is 3.02. The summed E-state index contributed by atoms with van der Waals surface area (Å²) in [5.41, 5.74) is 8.73. The van der Waals surface area contributed by atoms with E-state index in [4.69, 9.17) is 0 Å². The summed E-state index contributed by atoms with van der Waals surface area (Å²) in [6.45, 7) is 2.95. The van der Waals surface area contributed by atoms with Gasteiger partial charge in [-0.3, -0.25) is 4.79 Å². The van der Waals surface area contributed by atoms with E-state index in [1.807, 2.05) is 0 Å². The van der Waals surface area contributed by atoms with E-state index in [0.717, 1.165) is 38.9 Å². The summed E-state index contributed by atoms with van der Waals surface area (Å²) in [7, 11) is 0. The van der Waals surface area contributed by atoms with Crippen molar-refractivity contribution in [1.29, 1.82) is 0 Å². The zero-order chi connectivity index (χ0) is 22.6. The fraction of sp³-hybridized carbons (Fsp3) is 0.233. The van der Waals surface area contributed by atoms with Gasteiger partial charge in [-0.25, -0.2) is 4.39 Å². The van der Waals surface area contributed by atoms with Gasteiger partial charge in [0.2, 0.25) is 0 Å². The summed E-state index contributed by atoms with van der Waals surface area (Å²) >= 11 is 0. The molecular weight excluding hydrogens is 445 g/mol. The number of rotatable bonds is 5. The molecule has 5 rings (SSSR count). The number of carbonyl (C=O) groups is 1. The largest absolute Gasteiger partial charge is 0.303 e. The molecule has 1 aliphatic heterocycles. The second kappa shape index (κ2) is 10.9. The average molecular weight is 474 g/mol. The Labute approximate surface area is 207 Å². The van der Waals surface area contributed by atoms with Crippen molar-refractivity contribution in [3.8, 4) is 0 Å². The number of ketones is 1. The maximum Gasteiger partial charge on any atom is 0.162 e. The highest BCUT2D eigenvalue weighted by Gasteiger charge is 2.22. The molecule has 1 aliphatic carbocycles. The molecule has 0 N–H and O–H groups in total. The Morgan fingerprint density at radius 2 is 1.35 bits per heavy atom. The van der Waals surface area contributed by atoms with Crippen molar-refractivity contribution in [2.75, 3.05) is 19.6 Å². The highest BCUT2D eigenvalue weighted by molar-refractivity contribution is 5.96. The number of hydrogen-bond acceptors (Lipinski definition) is 2. The number of fused-ring (bicyclic) bond motifs is 2. The number of nitrogens with zero attached hydrogens (tertiary/aromatic N) is 1. The summed E-state index contributed by atoms with van der Waals surface area (Å²) in [5.74, 6) is -0.214. The Morgan fingerprint density at radius 3 is 1.94 bits per heavy atom. The first kappa shape index (κ1) is 24.1. The van der Waals surface area contributed by atoms with E-state index < -0.39 is 0 Å². The Kier molecular flexibility index (Phi) is 7.77. The Hall–Kier alpha value is -3.01. The molecule has 0 aromatic heterocycles. The van der Waals surface area contributed by atoms with Gasteiger partial charge in [-0.05, 0) is 77.9 Å². The van der Waals surface area contributed by atoms with Crippen LogP contribution in [-0.2, 0) is 0 Å². The lowest BCUT2D eigenvalue weighted by Gasteiger charge is -2.30. The van der Waals surface area contributed by atoms with Crippen LogP contribution in [0.15, 0.2) is 78.4 Å². The monoisotopic (exact) mass is 473 g/mol. The van der Waals surface area contributed by atoms with Crippen LogP contribution in [0.1, 0.15) is 58.3 Å². The third kappa shape index (κ3) is 5.22. The smallest absolute Gasteiger partial charge is 0.162 e. The third-order valence-electron chi connectivity index (χ3n) is 6.76. The zero-order valence-corrected chi connectivity index (χ0v) is 20.0. The predicted molar refractivity (Wildman–Crippen MR) is 141 cm³/mol. The van der Waals surface area contributed by atoms with E-state index in [2.05, 4.69) is 65.6 Å². The number of Topliss-reactive ketones (excluding diaryl/α,β-unsaturated/α-hetero) is 1. The quantitative estimate of drug-likeness (QED) is 0.283. The van der Waals surface area contributed by atoms with Gasteiger partial charge in [0.25, 0.3) is 0 Å². The van der Waals surface area contributed by atoms with Crippen molar-refractivity contribution in [3.05, 3.63) is 112 Å².